The van der Waals surface area contributed by atoms with Gasteiger partial charge in [-0.3, -0.25) is 9.69 Å². The summed E-state index contributed by atoms with van der Waals surface area (Å²) in [6.07, 6.45) is 0.983. The zero-order valence-corrected chi connectivity index (χ0v) is 14.1. The van der Waals surface area contributed by atoms with Crippen LogP contribution in [0.5, 0.6) is 0 Å². The Labute approximate surface area is 128 Å². The van der Waals surface area contributed by atoms with Gasteiger partial charge in [-0.2, -0.15) is 0 Å². The number of carbonyl (C=O) groups is 1. The maximum atomic E-state index is 12.4. The molecule has 2 heterocycles. The Morgan fingerprint density at radius 2 is 1.76 bits per heavy atom. The van der Waals surface area contributed by atoms with Crippen molar-refractivity contribution < 1.29 is 14.6 Å². The first-order chi connectivity index (χ1) is 9.60. The molecule has 3 atom stereocenters. The summed E-state index contributed by atoms with van der Waals surface area (Å²) in [5, 5.41) is 10.4. The van der Waals surface area contributed by atoms with Crippen molar-refractivity contribution in [2.24, 2.45) is 5.41 Å². The molecule has 2 rings (SSSR count). The number of carbonyl (C=O) groups excluding carboxylic acids is 1. The van der Waals surface area contributed by atoms with Crippen molar-refractivity contribution in [2.75, 3.05) is 32.7 Å². The highest BCUT2D eigenvalue weighted by molar-refractivity contribution is 5.77. The fourth-order valence-corrected chi connectivity index (χ4v) is 3.34. The molecule has 1 amide bonds. The van der Waals surface area contributed by atoms with Gasteiger partial charge in [0.1, 0.15) is 0 Å². The van der Waals surface area contributed by atoms with Crippen molar-refractivity contribution in [3.05, 3.63) is 0 Å². The summed E-state index contributed by atoms with van der Waals surface area (Å²) in [5.41, 5.74) is -1.05. The average Bonchev–Trinajstić information content (AvgIpc) is 2.54. The summed E-state index contributed by atoms with van der Waals surface area (Å²) >= 11 is 0. The average molecular weight is 298 g/mol. The normalized spacial score (nSPS) is 37.0. The highest BCUT2D eigenvalue weighted by Gasteiger charge is 2.48. The standard InChI is InChI=1S/C16H30N2O3/c1-12-8-17(9-13(2)21-12)7-6-14(19)18-10-15(3,4)16(5,20)11-18/h12-13,20H,6-11H2,1-5H3. The molecule has 5 heteroatoms. The van der Waals surface area contributed by atoms with Gasteiger partial charge in [-0.15, -0.1) is 0 Å². The Kier molecular flexibility index (Phi) is 4.66. The number of amides is 1. The predicted octanol–water partition coefficient (Wildman–Crippen LogP) is 1.11. The second kappa shape index (κ2) is 5.86. The van der Waals surface area contributed by atoms with E-state index in [1.165, 1.54) is 0 Å². The van der Waals surface area contributed by atoms with Gasteiger partial charge in [0.2, 0.25) is 5.91 Å². The van der Waals surface area contributed by atoms with E-state index < -0.39 is 5.60 Å². The van der Waals surface area contributed by atoms with Crippen LogP contribution in [0.15, 0.2) is 0 Å². The van der Waals surface area contributed by atoms with Crippen LogP contribution in [0.4, 0.5) is 0 Å². The predicted molar refractivity (Wildman–Crippen MR) is 82.1 cm³/mol. The maximum absolute atomic E-state index is 12.4. The first kappa shape index (κ1) is 16.7. The lowest BCUT2D eigenvalue weighted by Crippen LogP contribution is -2.46. The number of rotatable bonds is 3. The minimum Gasteiger partial charge on any atom is -0.388 e. The van der Waals surface area contributed by atoms with Crippen molar-refractivity contribution >= 4 is 5.91 Å². The van der Waals surface area contributed by atoms with Gasteiger partial charge in [0.25, 0.3) is 0 Å². The number of morpholine rings is 1. The van der Waals surface area contributed by atoms with Crippen LogP contribution in [0.2, 0.25) is 0 Å². The van der Waals surface area contributed by atoms with Crippen molar-refractivity contribution in [1.29, 1.82) is 0 Å². The lowest BCUT2D eigenvalue weighted by molar-refractivity contribution is -0.132. The van der Waals surface area contributed by atoms with E-state index in [0.717, 1.165) is 19.6 Å². The van der Waals surface area contributed by atoms with Crippen LogP contribution in [-0.4, -0.2) is 71.3 Å². The summed E-state index contributed by atoms with van der Waals surface area (Å²) in [6.45, 7) is 13.6. The van der Waals surface area contributed by atoms with Crippen LogP contribution in [0.25, 0.3) is 0 Å². The van der Waals surface area contributed by atoms with Crippen molar-refractivity contribution in [3.63, 3.8) is 0 Å². The molecule has 2 aliphatic rings. The monoisotopic (exact) mass is 298 g/mol. The molecule has 21 heavy (non-hydrogen) atoms. The molecule has 0 spiro atoms. The minimum absolute atomic E-state index is 0.146. The quantitative estimate of drug-likeness (QED) is 0.848. The van der Waals surface area contributed by atoms with Gasteiger partial charge in [0.05, 0.1) is 17.8 Å². The molecule has 122 valence electrons. The summed E-state index contributed by atoms with van der Waals surface area (Å²) in [4.78, 5) is 16.5. The fourth-order valence-electron chi connectivity index (χ4n) is 3.34. The summed E-state index contributed by atoms with van der Waals surface area (Å²) < 4.78 is 5.71. The third-order valence-corrected chi connectivity index (χ3v) is 5.03. The topological polar surface area (TPSA) is 53.0 Å². The Morgan fingerprint density at radius 1 is 1.19 bits per heavy atom. The molecule has 0 aliphatic carbocycles. The van der Waals surface area contributed by atoms with E-state index in [-0.39, 0.29) is 23.5 Å². The Balaban J connectivity index is 1.83. The molecule has 0 aromatic heterocycles. The summed E-state index contributed by atoms with van der Waals surface area (Å²) in [7, 11) is 0. The van der Waals surface area contributed by atoms with Gasteiger partial charge in [-0.05, 0) is 20.8 Å². The van der Waals surface area contributed by atoms with E-state index in [4.69, 9.17) is 4.74 Å². The third kappa shape index (κ3) is 3.76. The molecular formula is C16H30N2O3. The van der Waals surface area contributed by atoms with Gasteiger partial charge < -0.3 is 14.7 Å². The van der Waals surface area contributed by atoms with E-state index in [9.17, 15) is 9.90 Å². The van der Waals surface area contributed by atoms with E-state index in [2.05, 4.69) is 18.7 Å². The minimum atomic E-state index is -0.801. The van der Waals surface area contributed by atoms with Crippen LogP contribution in [0.1, 0.15) is 41.0 Å². The Hall–Kier alpha value is -0.650. The van der Waals surface area contributed by atoms with Crippen molar-refractivity contribution in [1.82, 2.24) is 9.80 Å². The molecule has 0 radical (unpaired) electrons. The van der Waals surface area contributed by atoms with E-state index >= 15 is 0 Å². The Bertz CT molecular complexity index is 369. The van der Waals surface area contributed by atoms with Crippen LogP contribution in [-0.2, 0) is 9.53 Å². The van der Waals surface area contributed by atoms with Crippen LogP contribution in [0, 0.1) is 5.41 Å². The molecule has 0 bridgehead atoms. The fraction of sp³-hybridized carbons (Fsp3) is 0.938. The SMILES string of the molecule is CC1CN(CCC(=O)N2CC(C)(C)C(C)(O)C2)CC(C)O1. The van der Waals surface area contributed by atoms with Gasteiger partial charge in [-0.25, -0.2) is 0 Å². The van der Waals surface area contributed by atoms with Crippen molar-refractivity contribution in [2.45, 2.75) is 58.8 Å². The van der Waals surface area contributed by atoms with Gasteiger partial charge in [0.15, 0.2) is 0 Å². The number of hydrogen-bond acceptors (Lipinski definition) is 4. The molecule has 2 saturated heterocycles. The number of hydrogen-bond donors (Lipinski definition) is 1. The largest absolute Gasteiger partial charge is 0.388 e. The third-order valence-electron chi connectivity index (χ3n) is 5.03. The zero-order valence-electron chi connectivity index (χ0n) is 14.1. The zero-order chi connectivity index (χ0) is 15.8. The molecule has 0 aromatic rings. The molecule has 3 unspecified atom stereocenters. The highest BCUT2D eigenvalue weighted by Crippen LogP contribution is 2.38. The van der Waals surface area contributed by atoms with Crippen LogP contribution < -0.4 is 0 Å². The molecule has 2 aliphatic heterocycles. The van der Waals surface area contributed by atoms with Crippen molar-refractivity contribution in [3.8, 4) is 0 Å². The first-order valence-electron chi connectivity index (χ1n) is 7.99. The molecular weight excluding hydrogens is 268 g/mol. The number of nitrogens with zero attached hydrogens (tertiary/aromatic N) is 2. The van der Waals surface area contributed by atoms with E-state index in [0.29, 0.717) is 19.5 Å². The van der Waals surface area contributed by atoms with Gasteiger partial charge in [0, 0.05) is 44.6 Å². The maximum Gasteiger partial charge on any atom is 0.223 e. The lowest BCUT2D eigenvalue weighted by Gasteiger charge is -2.35. The number of likely N-dealkylation sites (tertiary alicyclic amines) is 1. The molecule has 0 aromatic carbocycles. The second-order valence-electron chi connectivity index (χ2n) is 7.67. The highest BCUT2D eigenvalue weighted by atomic mass is 16.5. The smallest absolute Gasteiger partial charge is 0.223 e. The van der Waals surface area contributed by atoms with Crippen LogP contribution in [0.3, 0.4) is 0 Å². The van der Waals surface area contributed by atoms with Crippen LogP contribution >= 0.6 is 0 Å². The molecule has 2 fully saturated rings. The number of β-amino-alcohol motifs (C(OH)–C–C–N with tert-alkyl or cyclic N) is 1. The number of ether oxygens (including phenoxy) is 1. The van der Waals surface area contributed by atoms with Gasteiger partial charge in [-0.1, -0.05) is 13.8 Å². The number of aliphatic hydroxyl groups is 1. The lowest BCUT2D eigenvalue weighted by atomic mass is 9.79. The second-order valence-corrected chi connectivity index (χ2v) is 7.67. The molecule has 5 nitrogen and oxygen atoms in total. The molecule has 0 saturated carbocycles. The first-order valence-corrected chi connectivity index (χ1v) is 7.99. The van der Waals surface area contributed by atoms with E-state index in [1.807, 2.05) is 25.7 Å². The summed E-state index contributed by atoms with van der Waals surface area (Å²) in [5.74, 6) is 0.146. The molecule has 1 N–H and O–H groups in total. The van der Waals surface area contributed by atoms with E-state index in [1.54, 1.807) is 0 Å². The van der Waals surface area contributed by atoms with Gasteiger partial charge >= 0.3 is 0 Å². The Morgan fingerprint density at radius 3 is 2.24 bits per heavy atom. The summed E-state index contributed by atoms with van der Waals surface area (Å²) in [6, 6.07) is 0.